The van der Waals surface area contributed by atoms with Crippen molar-refractivity contribution in [1.29, 1.82) is 0 Å². The quantitative estimate of drug-likeness (QED) is 0.780. The molecule has 2 aromatic rings. The molecule has 3 aliphatic heterocycles. The van der Waals surface area contributed by atoms with Gasteiger partial charge in [-0.05, 0) is 30.9 Å². The van der Waals surface area contributed by atoms with E-state index in [0.717, 1.165) is 24.8 Å². The van der Waals surface area contributed by atoms with E-state index in [-0.39, 0.29) is 23.8 Å². The number of carbonyl (C=O) groups excluding carboxylic acids is 2. The minimum Gasteiger partial charge on any atom is -0.361 e. The molecule has 4 atom stereocenters. The number of fused-ring (bicyclic) bond motifs is 2. The van der Waals surface area contributed by atoms with Crippen LogP contribution in [-0.2, 0) is 20.7 Å². The number of carbonyl (C=O) groups is 2. The maximum Gasteiger partial charge on any atom is 0.230 e. The monoisotopic (exact) mass is 377 g/mol. The number of likely N-dealkylation sites (tertiary alicyclic amines) is 1. The van der Waals surface area contributed by atoms with E-state index in [1.54, 1.807) is 0 Å². The van der Waals surface area contributed by atoms with Crippen LogP contribution in [0.2, 0.25) is 0 Å². The highest BCUT2D eigenvalue weighted by molar-refractivity contribution is 5.93. The SMILES string of the molecule is O=C(NC1CC1)[C@H]1[C@@H]2C=C[C@]3(CN(CCc4c[nH]c5ccccc45)C(=O)[C@@H]13)O2. The average Bonchev–Trinajstić information content (AvgIpc) is 3.06. The standard InChI is InChI=1S/C22H23N3O3/c26-20(24-14-5-6-14)18-17-7-9-22(28-17)12-25(21(27)19(18)22)10-8-13-11-23-16-4-2-1-3-15(13)16/h1-4,7,9,11,14,17-19,23H,5-6,8,10,12H2,(H,24,26)/t17-,18-,19+,22+/m0/s1. The summed E-state index contributed by atoms with van der Waals surface area (Å²) in [5, 5.41) is 4.27. The van der Waals surface area contributed by atoms with Gasteiger partial charge in [-0.1, -0.05) is 30.4 Å². The number of nitrogens with zero attached hydrogens (tertiary/aromatic N) is 1. The molecule has 1 saturated carbocycles. The summed E-state index contributed by atoms with van der Waals surface area (Å²) in [4.78, 5) is 31.2. The molecule has 1 aliphatic carbocycles. The van der Waals surface area contributed by atoms with Crippen molar-refractivity contribution < 1.29 is 14.3 Å². The van der Waals surface area contributed by atoms with E-state index in [0.29, 0.717) is 19.1 Å². The Kier molecular flexibility index (Phi) is 3.33. The Morgan fingerprint density at radius 2 is 2.18 bits per heavy atom. The van der Waals surface area contributed by atoms with E-state index >= 15 is 0 Å². The molecule has 2 amide bonds. The predicted octanol–water partition coefficient (Wildman–Crippen LogP) is 1.77. The Bertz CT molecular complexity index is 1010. The molecule has 0 unspecified atom stereocenters. The first kappa shape index (κ1) is 16.4. The Labute approximate surface area is 162 Å². The van der Waals surface area contributed by atoms with Gasteiger partial charge in [0.1, 0.15) is 5.60 Å². The van der Waals surface area contributed by atoms with E-state index in [1.807, 2.05) is 35.4 Å². The Balaban J connectivity index is 1.21. The normalized spacial score (nSPS) is 33.1. The molecule has 0 radical (unpaired) electrons. The van der Waals surface area contributed by atoms with Gasteiger partial charge in [0.15, 0.2) is 0 Å². The lowest BCUT2D eigenvalue weighted by atomic mass is 9.77. The summed E-state index contributed by atoms with van der Waals surface area (Å²) in [6, 6.07) is 8.50. The van der Waals surface area contributed by atoms with E-state index in [1.165, 1.54) is 10.9 Å². The van der Waals surface area contributed by atoms with Crippen LogP contribution in [0.5, 0.6) is 0 Å². The number of para-hydroxylation sites is 1. The largest absolute Gasteiger partial charge is 0.361 e. The summed E-state index contributed by atoms with van der Waals surface area (Å²) in [7, 11) is 0. The first-order valence-corrected chi connectivity index (χ1v) is 10.2. The van der Waals surface area contributed by atoms with Gasteiger partial charge in [-0.3, -0.25) is 9.59 Å². The van der Waals surface area contributed by atoms with Crippen molar-refractivity contribution >= 4 is 22.7 Å². The second kappa shape index (κ2) is 5.70. The third kappa shape index (κ3) is 2.30. The minimum atomic E-state index is -0.618. The maximum atomic E-state index is 13.2. The molecule has 6 heteroatoms. The number of H-pyrrole nitrogens is 1. The number of benzene rings is 1. The van der Waals surface area contributed by atoms with Crippen LogP contribution in [0.25, 0.3) is 10.9 Å². The van der Waals surface area contributed by atoms with Gasteiger partial charge in [0.05, 0.1) is 24.5 Å². The highest BCUT2D eigenvalue weighted by Gasteiger charge is 2.66. The molecular weight excluding hydrogens is 354 g/mol. The summed E-state index contributed by atoms with van der Waals surface area (Å²) in [6.07, 6.45) is 8.63. The van der Waals surface area contributed by atoms with Crippen molar-refractivity contribution in [2.45, 2.75) is 37.0 Å². The smallest absolute Gasteiger partial charge is 0.230 e. The van der Waals surface area contributed by atoms with Crippen molar-refractivity contribution in [2.24, 2.45) is 11.8 Å². The summed E-state index contributed by atoms with van der Waals surface area (Å²) in [6.45, 7) is 1.18. The van der Waals surface area contributed by atoms with Crippen LogP contribution < -0.4 is 5.32 Å². The zero-order chi connectivity index (χ0) is 18.9. The van der Waals surface area contributed by atoms with Gasteiger partial charge in [-0.2, -0.15) is 0 Å². The van der Waals surface area contributed by atoms with Crippen LogP contribution in [0.3, 0.4) is 0 Å². The summed E-state index contributed by atoms with van der Waals surface area (Å²) < 4.78 is 6.19. The fourth-order valence-electron chi connectivity index (χ4n) is 5.19. The molecule has 2 saturated heterocycles. The predicted molar refractivity (Wildman–Crippen MR) is 103 cm³/mol. The molecular formula is C22H23N3O3. The zero-order valence-electron chi connectivity index (χ0n) is 15.6. The van der Waals surface area contributed by atoms with E-state index < -0.39 is 11.5 Å². The first-order chi connectivity index (χ1) is 13.6. The summed E-state index contributed by atoms with van der Waals surface area (Å²) >= 11 is 0. The van der Waals surface area contributed by atoms with E-state index in [9.17, 15) is 9.59 Å². The first-order valence-electron chi connectivity index (χ1n) is 10.2. The van der Waals surface area contributed by atoms with E-state index in [2.05, 4.69) is 22.4 Å². The van der Waals surface area contributed by atoms with Gasteiger partial charge >= 0.3 is 0 Å². The van der Waals surface area contributed by atoms with Crippen molar-refractivity contribution in [2.75, 3.05) is 13.1 Å². The number of aromatic nitrogens is 1. The lowest BCUT2D eigenvalue weighted by Crippen LogP contribution is -2.44. The molecule has 28 heavy (non-hydrogen) atoms. The number of aromatic amines is 1. The number of hydrogen-bond acceptors (Lipinski definition) is 3. The number of rotatable bonds is 5. The van der Waals surface area contributed by atoms with Crippen molar-refractivity contribution in [1.82, 2.24) is 15.2 Å². The molecule has 1 aromatic carbocycles. The fraction of sp³-hybridized carbons (Fsp3) is 0.455. The Morgan fingerprint density at radius 3 is 3.04 bits per heavy atom. The van der Waals surface area contributed by atoms with Gasteiger partial charge in [0.2, 0.25) is 11.8 Å². The van der Waals surface area contributed by atoms with Gasteiger partial charge in [0.25, 0.3) is 0 Å². The second-order valence-corrected chi connectivity index (χ2v) is 8.55. The molecule has 6 rings (SSSR count). The van der Waals surface area contributed by atoms with Crippen LogP contribution in [0.4, 0.5) is 0 Å². The number of nitrogens with one attached hydrogen (secondary N) is 2. The molecule has 144 valence electrons. The van der Waals surface area contributed by atoms with Gasteiger partial charge < -0.3 is 19.9 Å². The average molecular weight is 377 g/mol. The third-order valence-electron chi connectivity index (χ3n) is 6.73. The topological polar surface area (TPSA) is 74.4 Å². The molecule has 4 heterocycles. The summed E-state index contributed by atoms with van der Waals surface area (Å²) in [5.41, 5.74) is 1.71. The van der Waals surface area contributed by atoms with Crippen LogP contribution >= 0.6 is 0 Å². The van der Waals surface area contributed by atoms with Crippen molar-refractivity contribution in [3.63, 3.8) is 0 Å². The molecule has 4 aliphatic rings. The lowest BCUT2D eigenvalue weighted by Gasteiger charge is -2.23. The summed E-state index contributed by atoms with van der Waals surface area (Å²) in [5.74, 6) is -0.737. The second-order valence-electron chi connectivity index (χ2n) is 8.55. The number of hydrogen-bond donors (Lipinski definition) is 2. The van der Waals surface area contributed by atoms with Crippen LogP contribution in [0, 0.1) is 11.8 Å². The molecule has 1 spiro atoms. The van der Waals surface area contributed by atoms with Crippen LogP contribution in [-0.4, -0.2) is 52.5 Å². The number of amides is 2. The van der Waals surface area contributed by atoms with E-state index in [4.69, 9.17) is 4.74 Å². The minimum absolute atomic E-state index is 0.0180. The van der Waals surface area contributed by atoms with Gasteiger partial charge in [-0.25, -0.2) is 0 Å². The Morgan fingerprint density at radius 1 is 1.32 bits per heavy atom. The number of ether oxygens (including phenoxy) is 1. The fourth-order valence-corrected chi connectivity index (χ4v) is 5.19. The molecule has 2 N–H and O–H groups in total. The zero-order valence-corrected chi connectivity index (χ0v) is 15.6. The molecule has 3 fully saturated rings. The highest BCUT2D eigenvalue weighted by Crippen LogP contribution is 2.52. The molecule has 2 bridgehead atoms. The van der Waals surface area contributed by atoms with Gasteiger partial charge in [-0.15, -0.1) is 0 Å². The van der Waals surface area contributed by atoms with Crippen molar-refractivity contribution in [3.8, 4) is 0 Å². The lowest BCUT2D eigenvalue weighted by molar-refractivity contribution is -0.137. The highest BCUT2D eigenvalue weighted by atomic mass is 16.5. The maximum absolute atomic E-state index is 13.2. The molecule has 6 nitrogen and oxygen atoms in total. The molecule has 1 aromatic heterocycles. The van der Waals surface area contributed by atoms with Crippen LogP contribution in [0.15, 0.2) is 42.6 Å². The van der Waals surface area contributed by atoms with Crippen LogP contribution in [0.1, 0.15) is 18.4 Å². The van der Waals surface area contributed by atoms with Gasteiger partial charge in [0, 0.05) is 29.7 Å². The van der Waals surface area contributed by atoms with Crippen molar-refractivity contribution in [3.05, 3.63) is 48.2 Å². The Hall–Kier alpha value is -2.60. The third-order valence-corrected chi connectivity index (χ3v) is 6.73.